The Morgan fingerprint density at radius 2 is 2.05 bits per heavy atom. The number of halogens is 1. The molecule has 1 heterocycles. The third-order valence-corrected chi connectivity index (χ3v) is 4.80. The summed E-state index contributed by atoms with van der Waals surface area (Å²) in [5, 5.41) is 12.8. The lowest BCUT2D eigenvalue weighted by atomic mass is 10.0. The number of rotatable bonds is 4. The predicted octanol–water partition coefficient (Wildman–Crippen LogP) is 4.26. The van der Waals surface area contributed by atoms with Crippen LogP contribution in [0.4, 0.5) is 0 Å². The largest absolute Gasteiger partial charge is 0.395 e. The van der Waals surface area contributed by atoms with Gasteiger partial charge >= 0.3 is 0 Å². The molecular weight excluding hydrogens is 322 g/mol. The minimum Gasteiger partial charge on any atom is -0.395 e. The van der Waals surface area contributed by atoms with Gasteiger partial charge in [-0.1, -0.05) is 15.9 Å². The Kier molecular flexibility index (Phi) is 4.66. The molecule has 0 bridgehead atoms. The SMILES string of the molecule is CC(C)(C)N(CCO)Cc1csc2ccc(Br)cc12. The summed E-state index contributed by atoms with van der Waals surface area (Å²) in [7, 11) is 0. The molecule has 0 amide bonds. The zero-order valence-electron chi connectivity index (χ0n) is 11.6. The van der Waals surface area contributed by atoms with Crippen LogP contribution in [0.25, 0.3) is 10.1 Å². The van der Waals surface area contributed by atoms with Crippen molar-refractivity contribution < 1.29 is 5.11 Å². The van der Waals surface area contributed by atoms with E-state index in [1.807, 2.05) is 0 Å². The number of aliphatic hydroxyl groups excluding tert-OH is 1. The Morgan fingerprint density at radius 3 is 2.68 bits per heavy atom. The van der Waals surface area contributed by atoms with E-state index < -0.39 is 0 Å². The smallest absolute Gasteiger partial charge is 0.0558 e. The number of thiophene rings is 1. The number of hydrogen-bond acceptors (Lipinski definition) is 3. The zero-order chi connectivity index (χ0) is 14.0. The monoisotopic (exact) mass is 341 g/mol. The molecule has 2 rings (SSSR count). The fourth-order valence-electron chi connectivity index (χ4n) is 2.15. The van der Waals surface area contributed by atoms with E-state index in [2.05, 4.69) is 65.2 Å². The van der Waals surface area contributed by atoms with Gasteiger partial charge in [-0.25, -0.2) is 0 Å². The molecule has 0 spiro atoms. The zero-order valence-corrected chi connectivity index (χ0v) is 14.0. The van der Waals surface area contributed by atoms with Crippen LogP contribution >= 0.6 is 27.3 Å². The fraction of sp³-hybridized carbons (Fsp3) is 0.467. The molecule has 1 N–H and O–H groups in total. The van der Waals surface area contributed by atoms with Crippen LogP contribution in [0.1, 0.15) is 26.3 Å². The normalized spacial score (nSPS) is 12.5. The number of hydrogen-bond donors (Lipinski definition) is 1. The van der Waals surface area contributed by atoms with Crippen LogP contribution in [0.2, 0.25) is 0 Å². The molecule has 0 atom stereocenters. The molecule has 0 aliphatic carbocycles. The Labute approximate surface area is 127 Å². The molecule has 0 unspecified atom stereocenters. The second kappa shape index (κ2) is 5.92. The van der Waals surface area contributed by atoms with Crippen molar-refractivity contribution in [3.05, 3.63) is 33.6 Å². The quantitative estimate of drug-likeness (QED) is 0.898. The van der Waals surface area contributed by atoms with Crippen LogP contribution in [0.5, 0.6) is 0 Å². The lowest BCUT2D eigenvalue weighted by Gasteiger charge is -2.35. The molecule has 0 aliphatic heterocycles. The van der Waals surface area contributed by atoms with E-state index in [-0.39, 0.29) is 12.1 Å². The maximum Gasteiger partial charge on any atom is 0.0558 e. The maximum atomic E-state index is 9.24. The van der Waals surface area contributed by atoms with Crippen molar-refractivity contribution in [2.45, 2.75) is 32.9 Å². The number of nitrogens with zero attached hydrogens (tertiary/aromatic N) is 1. The van der Waals surface area contributed by atoms with Crippen LogP contribution < -0.4 is 0 Å². The van der Waals surface area contributed by atoms with Crippen LogP contribution in [0.15, 0.2) is 28.1 Å². The van der Waals surface area contributed by atoms with E-state index >= 15 is 0 Å². The van der Waals surface area contributed by atoms with Crippen molar-refractivity contribution in [3.63, 3.8) is 0 Å². The highest BCUT2D eigenvalue weighted by Crippen LogP contribution is 2.30. The highest BCUT2D eigenvalue weighted by molar-refractivity contribution is 9.10. The van der Waals surface area contributed by atoms with E-state index in [4.69, 9.17) is 0 Å². The third-order valence-electron chi connectivity index (χ3n) is 3.30. The van der Waals surface area contributed by atoms with E-state index in [1.165, 1.54) is 15.6 Å². The summed E-state index contributed by atoms with van der Waals surface area (Å²) < 4.78 is 2.43. The molecule has 0 aliphatic rings. The summed E-state index contributed by atoms with van der Waals surface area (Å²) in [5.41, 5.74) is 1.40. The molecule has 2 nitrogen and oxygen atoms in total. The summed E-state index contributed by atoms with van der Waals surface area (Å²) in [4.78, 5) is 2.31. The van der Waals surface area contributed by atoms with E-state index in [1.54, 1.807) is 11.3 Å². The van der Waals surface area contributed by atoms with Gasteiger partial charge in [-0.05, 0) is 55.3 Å². The molecule has 0 saturated heterocycles. The van der Waals surface area contributed by atoms with Gasteiger partial charge in [-0.3, -0.25) is 4.90 Å². The second-order valence-electron chi connectivity index (χ2n) is 5.72. The first kappa shape index (κ1) is 15.0. The van der Waals surface area contributed by atoms with Crippen molar-refractivity contribution in [2.75, 3.05) is 13.2 Å². The van der Waals surface area contributed by atoms with E-state index in [9.17, 15) is 5.11 Å². The first-order chi connectivity index (χ1) is 8.91. The second-order valence-corrected chi connectivity index (χ2v) is 7.54. The van der Waals surface area contributed by atoms with Gasteiger partial charge in [0.1, 0.15) is 0 Å². The van der Waals surface area contributed by atoms with Gasteiger partial charge in [0.25, 0.3) is 0 Å². The van der Waals surface area contributed by atoms with Crippen molar-refractivity contribution in [1.29, 1.82) is 0 Å². The summed E-state index contributed by atoms with van der Waals surface area (Å²) in [6.45, 7) is 8.34. The lowest BCUT2D eigenvalue weighted by Crippen LogP contribution is -2.42. The minimum atomic E-state index is 0.0585. The number of aliphatic hydroxyl groups is 1. The summed E-state index contributed by atoms with van der Waals surface area (Å²) in [5.74, 6) is 0. The molecule has 4 heteroatoms. The molecule has 104 valence electrons. The minimum absolute atomic E-state index is 0.0585. The molecule has 0 radical (unpaired) electrons. The van der Waals surface area contributed by atoms with Gasteiger partial charge in [-0.15, -0.1) is 11.3 Å². The van der Waals surface area contributed by atoms with Crippen molar-refractivity contribution >= 4 is 37.4 Å². The highest BCUT2D eigenvalue weighted by Gasteiger charge is 2.21. The van der Waals surface area contributed by atoms with Crippen molar-refractivity contribution in [1.82, 2.24) is 4.90 Å². The molecule has 1 aromatic carbocycles. The lowest BCUT2D eigenvalue weighted by molar-refractivity contribution is 0.0989. The predicted molar refractivity (Wildman–Crippen MR) is 86.8 cm³/mol. The van der Waals surface area contributed by atoms with Gasteiger partial charge in [-0.2, -0.15) is 0 Å². The number of benzene rings is 1. The third kappa shape index (κ3) is 3.57. The number of β-amino-alcohol motifs (C(OH)–C–C–N with tert-alkyl or cyclic N) is 1. The van der Waals surface area contributed by atoms with Crippen LogP contribution in [0.3, 0.4) is 0 Å². The van der Waals surface area contributed by atoms with Gasteiger partial charge in [0.2, 0.25) is 0 Å². The highest BCUT2D eigenvalue weighted by atomic mass is 79.9. The van der Waals surface area contributed by atoms with Crippen LogP contribution in [-0.2, 0) is 6.54 Å². The molecular formula is C15H20BrNOS. The molecule has 1 aromatic heterocycles. The summed E-state index contributed by atoms with van der Waals surface area (Å²) >= 11 is 5.32. The first-order valence-electron chi connectivity index (χ1n) is 6.43. The van der Waals surface area contributed by atoms with Crippen molar-refractivity contribution in [3.8, 4) is 0 Å². The average Bonchev–Trinajstić information content (AvgIpc) is 2.70. The Bertz CT molecular complexity index is 559. The average molecular weight is 342 g/mol. The van der Waals surface area contributed by atoms with Crippen LogP contribution in [-0.4, -0.2) is 28.7 Å². The Morgan fingerprint density at radius 1 is 1.32 bits per heavy atom. The van der Waals surface area contributed by atoms with Crippen LogP contribution in [0, 0.1) is 0 Å². The van der Waals surface area contributed by atoms with Crippen molar-refractivity contribution in [2.24, 2.45) is 0 Å². The van der Waals surface area contributed by atoms with E-state index in [0.29, 0.717) is 6.54 Å². The van der Waals surface area contributed by atoms with E-state index in [0.717, 1.165) is 11.0 Å². The Balaban J connectivity index is 2.31. The number of fused-ring (bicyclic) bond motifs is 1. The van der Waals surface area contributed by atoms with Gasteiger partial charge in [0, 0.05) is 27.8 Å². The molecule has 0 fully saturated rings. The topological polar surface area (TPSA) is 23.5 Å². The standard InChI is InChI=1S/C15H20BrNOS/c1-15(2,3)17(6-7-18)9-11-10-19-14-5-4-12(16)8-13(11)14/h4-5,8,10,18H,6-7,9H2,1-3H3. The summed E-state index contributed by atoms with van der Waals surface area (Å²) in [6, 6.07) is 6.42. The molecule has 2 aromatic rings. The Hall–Kier alpha value is -0.420. The van der Waals surface area contributed by atoms with Gasteiger partial charge in [0.15, 0.2) is 0 Å². The first-order valence-corrected chi connectivity index (χ1v) is 8.10. The fourth-order valence-corrected chi connectivity index (χ4v) is 3.45. The molecule has 19 heavy (non-hydrogen) atoms. The van der Waals surface area contributed by atoms with Gasteiger partial charge < -0.3 is 5.11 Å². The maximum absolute atomic E-state index is 9.24. The summed E-state index contributed by atoms with van der Waals surface area (Å²) in [6.07, 6.45) is 0. The van der Waals surface area contributed by atoms with Gasteiger partial charge in [0.05, 0.1) is 6.61 Å². The molecule has 0 saturated carbocycles.